The molecule has 0 unspecified atom stereocenters. The maximum Gasteiger partial charge on any atom is 0.276 e. The van der Waals surface area contributed by atoms with E-state index in [0.29, 0.717) is 11.6 Å². The van der Waals surface area contributed by atoms with Crippen LogP contribution in [-0.4, -0.2) is 28.7 Å². The van der Waals surface area contributed by atoms with Crippen molar-refractivity contribution < 1.29 is 12.8 Å². The highest BCUT2D eigenvalue weighted by molar-refractivity contribution is 7.89. The largest absolute Gasteiger partial charge is 0.440 e. The zero-order valence-corrected chi connectivity index (χ0v) is 12.9. The third kappa shape index (κ3) is 3.85. The van der Waals surface area contributed by atoms with Gasteiger partial charge in [-0.15, -0.1) is 0 Å². The SMILES string of the molecule is Cc1ccc(S(=O)(=O)N/N=C\c2ccc(N(C)C)o2)cc1. The number of hydrogen-bond acceptors (Lipinski definition) is 5. The molecule has 6 nitrogen and oxygen atoms in total. The van der Waals surface area contributed by atoms with Crippen LogP contribution < -0.4 is 9.73 Å². The molecular weight excluding hydrogens is 290 g/mol. The molecule has 0 spiro atoms. The van der Waals surface area contributed by atoms with E-state index in [0.717, 1.165) is 5.56 Å². The van der Waals surface area contributed by atoms with Gasteiger partial charge >= 0.3 is 0 Å². The van der Waals surface area contributed by atoms with E-state index in [-0.39, 0.29) is 4.90 Å². The lowest BCUT2D eigenvalue weighted by atomic mass is 10.2. The Kier molecular flexibility index (Phi) is 4.32. The summed E-state index contributed by atoms with van der Waals surface area (Å²) in [5.74, 6) is 1.13. The van der Waals surface area contributed by atoms with Gasteiger partial charge in [0.15, 0.2) is 5.88 Å². The Bertz CT molecular complexity index is 731. The molecule has 0 saturated carbocycles. The van der Waals surface area contributed by atoms with Crippen molar-refractivity contribution in [2.24, 2.45) is 5.10 Å². The Labute approximate surface area is 124 Å². The van der Waals surface area contributed by atoms with Gasteiger partial charge in [-0.2, -0.15) is 18.4 Å². The molecule has 1 aromatic carbocycles. The molecule has 2 aromatic rings. The average Bonchev–Trinajstić information content (AvgIpc) is 2.88. The second kappa shape index (κ2) is 6.01. The number of sulfonamides is 1. The van der Waals surface area contributed by atoms with E-state index in [2.05, 4.69) is 9.93 Å². The number of aryl methyl sites for hydroxylation is 1. The first-order chi connectivity index (χ1) is 9.88. The van der Waals surface area contributed by atoms with Gasteiger partial charge in [0.1, 0.15) is 5.76 Å². The van der Waals surface area contributed by atoms with E-state index in [4.69, 9.17) is 4.42 Å². The van der Waals surface area contributed by atoms with Crippen LogP contribution in [0.5, 0.6) is 0 Å². The van der Waals surface area contributed by atoms with Crippen molar-refractivity contribution in [1.82, 2.24) is 4.83 Å². The Balaban J connectivity index is 2.07. The van der Waals surface area contributed by atoms with Gasteiger partial charge in [0.2, 0.25) is 0 Å². The summed E-state index contributed by atoms with van der Waals surface area (Å²) in [6.07, 6.45) is 1.32. The van der Waals surface area contributed by atoms with Crippen LogP contribution in [0.1, 0.15) is 11.3 Å². The molecular formula is C14H17N3O3S. The van der Waals surface area contributed by atoms with Crippen molar-refractivity contribution in [2.45, 2.75) is 11.8 Å². The van der Waals surface area contributed by atoms with Crippen LogP contribution in [0.25, 0.3) is 0 Å². The maximum absolute atomic E-state index is 12.0. The van der Waals surface area contributed by atoms with Crippen LogP contribution in [0, 0.1) is 6.92 Å². The fraction of sp³-hybridized carbons (Fsp3) is 0.214. The number of nitrogens with one attached hydrogen (secondary N) is 1. The van der Waals surface area contributed by atoms with E-state index in [1.165, 1.54) is 18.3 Å². The number of hydrazone groups is 1. The van der Waals surface area contributed by atoms with Crippen molar-refractivity contribution in [3.63, 3.8) is 0 Å². The molecule has 0 radical (unpaired) electrons. The lowest BCUT2D eigenvalue weighted by Gasteiger charge is -2.05. The van der Waals surface area contributed by atoms with Crippen LogP contribution in [0.4, 0.5) is 5.88 Å². The third-order valence-corrected chi connectivity index (χ3v) is 3.99. The predicted molar refractivity (Wildman–Crippen MR) is 82.1 cm³/mol. The molecule has 0 aliphatic heterocycles. The second-order valence-electron chi connectivity index (χ2n) is 4.74. The fourth-order valence-corrected chi connectivity index (χ4v) is 2.37. The molecule has 0 aliphatic rings. The predicted octanol–water partition coefficient (Wildman–Crippen LogP) is 1.97. The number of rotatable bonds is 5. The summed E-state index contributed by atoms with van der Waals surface area (Å²) < 4.78 is 29.4. The number of furan rings is 1. The van der Waals surface area contributed by atoms with E-state index >= 15 is 0 Å². The zero-order chi connectivity index (χ0) is 15.5. The quantitative estimate of drug-likeness (QED) is 0.677. The highest BCUT2D eigenvalue weighted by Gasteiger charge is 2.11. The van der Waals surface area contributed by atoms with E-state index in [9.17, 15) is 8.42 Å². The molecule has 112 valence electrons. The summed E-state index contributed by atoms with van der Waals surface area (Å²) in [7, 11) is 0.0374. The van der Waals surface area contributed by atoms with Crippen molar-refractivity contribution in [3.05, 3.63) is 47.7 Å². The number of hydrogen-bond donors (Lipinski definition) is 1. The first-order valence-electron chi connectivity index (χ1n) is 6.27. The van der Waals surface area contributed by atoms with Crippen molar-refractivity contribution in [3.8, 4) is 0 Å². The van der Waals surface area contributed by atoms with Gasteiger partial charge in [-0.1, -0.05) is 17.7 Å². The molecule has 0 bridgehead atoms. The van der Waals surface area contributed by atoms with E-state index in [1.54, 1.807) is 29.2 Å². The monoisotopic (exact) mass is 307 g/mol. The first-order valence-corrected chi connectivity index (χ1v) is 7.75. The molecule has 7 heteroatoms. The maximum atomic E-state index is 12.0. The molecule has 0 saturated heterocycles. The summed E-state index contributed by atoms with van der Waals surface area (Å²) in [5, 5.41) is 3.71. The van der Waals surface area contributed by atoms with Gasteiger partial charge in [-0.05, 0) is 25.1 Å². The van der Waals surface area contributed by atoms with Gasteiger partial charge in [-0.25, -0.2) is 0 Å². The molecule has 0 amide bonds. The molecule has 1 heterocycles. The van der Waals surface area contributed by atoms with Gasteiger partial charge < -0.3 is 9.32 Å². The zero-order valence-electron chi connectivity index (χ0n) is 12.1. The van der Waals surface area contributed by atoms with Crippen LogP contribution in [0.3, 0.4) is 0 Å². The standard InChI is InChI=1S/C14H17N3O3S/c1-11-4-7-13(8-5-11)21(18,19)16-15-10-12-6-9-14(20-12)17(2)3/h4-10,16H,1-3H3/b15-10-. The van der Waals surface area contributed by atoms with Gasteiger partial charge in [-0.3, -0.25) is 0 Å². The Hall–Kier alpha value is -2.28. The minimum Gasteiger partial charge on any atom is -0.440 e. The Morgan fingerprint density at radius 3 is 2.38 bits per heavy atom. The summed E-state index contributed by atoms with van der Waals surface area (Å²) in [4.78, 5) is 4.11. The van der Waals surface area contributed by atoms with Gasteiger partial charge in [0.25, 0.3) is 10.0 Å². The molecule has 0 atom stereocenters. The van der Waals surface area contributed by atoms with Crippen LogP contribution in [0.2, 0.25) is 0 Å². The van der Waals surface area contributed by atoms with Gasteiger partial charge in [0.05, 0.1) is 11.1 Å². The van der Waals surface area contributed by atoms with E-state index < -0.39 is 10.0 Å². The van der Waals surface area contributed by atoms with Gasteiger partial charge in [0, 0.05) is 20.2 Å². The lowest BCUT2D eigenvalue weighted by molar-refractivity contribution is 0.557. The smallest absolute Gasteiger partial charge is 0.276 e. The normalized spacial score (nSPS) is 11.8. The Morgan fingerprint density at radius 2 is 1.81 bits per heavy atom. The van der Waals surface area contributed by atoms with Crippen LogP contribution in [-0.2, 0) is 10.0 Å². The highest BCUT2D eigenvalue weighted by Crippen LogP contribution is 2.14. The lowest BCUT2D eigenvalue weighted by Crippen LogP contribution is -2.18. The molecule has 1 N–H and O–H groups in total. The second-order valence-corrected chi connectivity index (χ2v) is 6.40. The topological polar surface area (TPSA) is 74.9 Å². The summed E-state index contributed by atoms with van der Waals surface area (Å²) in [5.41, 5.74) is 0.990. The average molecular weight is 307 g/mol. The van der Waals surface area contributed by atoms with Crippen molar-refractivity contribution >= 4 is 22.1 Å². The Morgan fingerprint density at radius 1 is 1.14 bits per heavy atom. The van der Waals surface area contributed by atoms with E-state index in [1.807, 2.05) is 21.0 Å². The molecule has 0 fully saturated rings. The van der Waals surface area contributed by atoms with Crippen molar-refractivity contribution in [1.29, 1.82) is 0 Å². The molecule has 0 aliphatic carbocycles. The molecule has 2 rings (SSSR count). The van der Waals surface area contributed by atoms with Crippen LogP contribution >= 0.6 is 0 Å². The molecule has 1 aromatic heterocycles. The number of benzene rings is 1. The fourth-order valence-electron chi connectivity index (χ4n) is 1.58. The van der Waals surface area contributed by atoms with Crippen LogP contribution in [0.15, 0.2) is 50.8 Å². The number of nitrogens with zero attached hydrogens (tertiary/aromatic N) is 2. The summed E-state index contributed by atoms with van der Waals surface area (Å²) >= 11 is 0. The molecule has 21 heavy (non-hydrogen) atoms. The summed E-state index contributed by atoms with van der Waals surface area (Å²) in [6.45, 7) is 1.89. The minimum atomic E-state index is -3.66. The first kappa shape index (κ1) is 15.1. The third-order valence-electron chi connectivity index (χ3n) is 2.75. The van der Waals surface area contributed by atoms with Crippen molar-refractivity contribution in [2.75, 3.05) is 19.0 Å². The minimum absolute atomic E-state index is 0.165. The number of anilines is 1. The summed E-state index contributed by atoms with van der Waals surface area (Å²) in [6, 6.07) is 10.0. The highest BCUT2D eigenvalue weighted by atomic mass is 32.2.